The number of rotatable bonds is 6. The van der Waals surface area contributed by atoms with Crippen LogP contribution in [0, 0.1) is 14.9 Å². The van der Waals surface area contributed by atoms with Crippen LogP contribution in [-0.2, 0) is 6.61 Å². The fraction of sp³-hybridized carbons (Fsp3) is 0.0714. The second-order valence-electron chi connectivity index (χ2n) is 4.68. The van der Waals surface area contributed by atoms with Gasteiger partial charge in [0.2, 0.25) is 4.77 Å². The van der Waals surface area contributed by atoms with Crippen molar-refractivity contribution in [2.24, 2.45) is 5.10 Å². The third-order valence-corrected chi connectivity index (χ3v) is 3.51. The summed E-state index contributed by atoms with van der Waals surface area (Å²) in [5.74, 6) is 0.857. The molecule has 0 aliphatic carbocycles. The van der Waals surface area contributed by atoms with Gasteiger partial charge < -0.3 is 9.15 Å². The molecule has 0 atom stereocenters. The van der Waals surface area contributed by atoms with Crippen LogP contribution in [0.5, 0.6) is 5.75 Å². The molecule has 0 aliphatic heterocycles. The van der Waals surface area contributed by atoms with Crippen LogP contribution in [0.15, 0.2) is 45.9 Å². The lowest BCUT2D eigenvalue weighted by molar-refractivity contribution is -0.402. The Morgan fingerprint density at radius 3 is 2.84 bits per heavy atom. The number of furan rings is 1. The topological polar surface area (TPSA) is 111 Å². The number of aromatic nitrogens is 3. The molecule has 0 aliphatic rings. The van der Waals surface area contributed by atoms with Gasteiger partial charge in [0.1, 0.15) is 17.3 Å². The summed E-state index contributed by atoms with van der Waals surface area (Å²) in [6, 6.07) is 9.51. The van der Waals surface area contributed by atoms with Crippen LogP contribution in [-0.4, -0.2) is 26.0 Å². The van der Waals surface area contributed by atoms with E-state index in [1.165, 1.54) is 23.0 Å². The van der Waals surface area contributed by atoms with Crippen molar-refractivity contribution in [3.8, 4) is 5.75 Å². The Morgan fingerprint density at radius 1 is 1.40 bits per heavy atom. The van der Waals surface area contributed by atoms with Crippen molar-refractivity contribution in [1.82, 2.24) is 14.9 Å². The van der Waals surface area contributed by atoms with E-state index in [4.69, 9.17) is 33.0 Å². The van der Waals surface area contributed by atoms with Gasteiger partial charge in [-0.3, -0.25) is 10.1 Å². The highest BCUT2D eigenvalue weighted by atomic mass is 35.5. The van der Waals surface area contributed by atoms with Crippen LogP contribution in [0.4, 0.5) is 5.88 Å². The zero-order valence-corrected chi connectivity index (χ0v) is 14.0. The number of nitrogens with zero attached hydrogens (tertiary/aromatic N) is 4. The van der Waals surface area contributed by atoms with E-state index in [1.807, 2.05) is 0 Å². The van der Waals surface area contributed by atoms with Gasteiger partial charge in [-0.25, -0.2) is 5.10 Å². The smallest absolute Gasteiger partial charge is 0.433 e. The molecule has 3 rings (SSSR count). The summed E-state index contributed by atoms with van der Waals surface area (Å²) in [4.78, 5) is 9.97. The lowest BCUT2D eigenvalue weighted by Crippen LogP contribution is -2.04. The van der Waals surface area contributed by atoms with Gasteiger partial charge in [-0.2, -0.15) is 14.9 Å². The summed E-state index contributed by atoms with van der Waals surface area (Å²) in [5, 5.41) is 22.0. The van der Waals surface area contributed by atoms with Crippen molar-refractivity contribution in [2.45, 2.75) is 6.61 Å². The largest absolute Gasteiger partial charge is 0.486 e. The number of H-pyrrole nitrogens is 1. The Bertz CT molecular complexity index is 976. The van der Waals surface area contributed by atoms with Crippen LogP contribution in [0.3, 0.4) is 0 Å². The molecule has 128 valence electrons. The molecular weight excluding hydrogens is 370 g/mol. The lowest BCUT2D eigenvalue weighted by Gasteiger charge is -2.05. The third kappa shape index (κ3) is 4.11. The molecule has 0 saturated carbocycles. The molecule has 9 nitrogen and oxygen atoms in total. The van der Waals surface area contributed by atoms with Crippen molar-refractivity contribution in [3.05, 3.63) is 67.9 Å². The summed E-state index contributed by atoms with van der Waals surface area (Å²) < 4.78 is 12.2. The van der Waals surface area contributed by atoms with Crippen LogP contribution in [0.25, 0.3) is 0 Å². The predicted molar refractivity (Wildman–Crippen MR) is 91.6 cm³/mol. The first kappa shape index (κ1) is 16.9. The normalized spacial score (nSPS) is 11.1. The molecule has 3 aromatic rings. The van der Waals surface area contributed by atoms with E-state index in [2.05, 4.69) is 15.3 Å². The Balaban J connectivity index is 1.74. The van der Waals surface area contributed by atoms with E-state index in [1.54, 1.807) is 24.3 Å². The van der Waals surface area contributed by atoms with Gasteiger partial charge in [0.05, 0.1) is 12.3 Å². The lowest BCUT2D eigenvalue weighted by atomic mass is 10.3. The average molecular weight is 380 g/mol. The molecule has 1 aromatic carbocycles. The summed E-state index contributed by atoms with van der Waals surface area (Å²) in [7, 11) is 0. The summed E-state index contributed by atoms with van der Waals surface area (Å²) in [5.41, 5.74) is 0. The van der Waals surface area contributed by atoms with Gasteiger partial charge in [0.15, 0.2) is 11.6 Å². The molecule has 0 fully saturated rings. The van der Waals surface area contributed by atoms with Crippen LogP contribution < -0.4 is 4.74 Å². The van der Waals surface area contributed by atoms with Gasteiger partial charge in [-0.05, 0) is 42.5 Å². The second kappa shape index (κ2) is 7.28. The average Bonchev–Trinajstić information content (AvgIpc) is 3.20. The number of nitrogens with one attached hydrogen (secondary N) is 1. The van der Waals surface area contributed by atoms with E-state index < -0.39 is 4.92 Å². The number of aromatic amines is 1. The summed E-state index contributed by atoms with van der Waals surface area (Å²) >= 11 is 10.9. The highest BCUT2D eigenvalue weighted by molar-refractivity contribution is 7.71. The van der Waals surface area contributed by atoms with Gasteiger partial charge in [-0.15, -0.1) is 0 Å². The molecular formula is C14H10ClN5O4S. The van der Waals surface area contributed by atoms with Crippen LogP contribution in [0.2, 0.25) is 5.02 Å². The number of benzene rings is 1. The van der Waals surface area contributed by atoms with Crippen molar-refractivity contribution in [1.29, 1.82) is 0 Å². The Kier molecular flexibility index (Phi) is 4.91. The molecule has 0 bridgehead atoms. The van der Waals surface area contributed by atoms with Gasteiger partial charge in [0, 0.05) is 5.02 Å². The van der Waals surface area contributed by atoms with Crippen molar-refractivity contribution in [3.63, 3.8) is 0 Å². The molecule has 0 amide bonds. The SMILES string of the molecule is O=[N+]([O-])c1ccc(/C=N\n2c(COc3ccc(Cl)cc3)n[nH]c2=S)o1. The number of hydrogen-bond acceptors (Lipinski definition) is 7. The monoisotopic (exact) mass is 379 g/mol. The van der Waals surface area contributed by atoms with E-state index in [0.717, 1.165) is 0 Å². The maximum absolute atomic E-state index is 10.6. The van der Waals surface area contributed by atoms with Crippen LogP contribution >= 0.6 is 23.8 Å². The zero-order valence-electron chi connectivity index (χ0n) is 12.5. The third-order valence-electron chi connectivity index (χ3n) is 2.99. The molecule has 2 heterocycles. The van der Waals surface area contributed by atoms with Crippen molar-refractivity contribution >= 4 is 35.9 Å². The number of nitro groups is 1. The molecule has 1 N–H and O–H groups in total. The summed E-state index contributed by atoms with van der Waals surface area (Å²) in [6.45, 7) is 0.102. The first-order valence-corrected chi connectivity index (χ1v) is 7.65. The standard InChI is InChI=1S/C14H10ClN5O4S/c15-9-1-3-10(4-2-9)23-8-12-17-18-14(25)19(12)16-7-11-5-6-13(24-11)20(21)22/h1-7H,8H2,(H,18,25)/b16-7-. The minimum atomic E-state index is -0.633. The number of halogens is 1. The van der Waals surface area contributed by atoms with Crippen LogP contribution in [0.1, 0.15) is 11.6 Å². The van der Waals surface area contributed by atoms with Crippen molar-refractivity contribution < 1.29 is 14.1 Å². The van der Waals surface area contributed by atoms with Crippen molar-refractivity contribution in [2.75, 3.05) is 0 Å². The minimum absolute atomic E-state index is 0.102. The predicted octanol–water partition coefficient (Wildman–Crippen LogP) is 3.56. The fourth-order valence-corrected chi connectivity index (χ4v) is 2.16. The highest BCUT2D eigenvalue weighted by Crippen LogP contribution is 2.17. The quantitative estimate of drug-likeness (QED) is 0.303. The van der Waals surface area contributed by atoms with Gasteiger partial charge in [0.25, 0.3) is 0 Å². The van der Waals surface area contributed by atoms with E-state index in [-0.39, 0.29) is 23.0 Å². The molecule has 0 radical (unpaired) electrons. The van der Waals surface area contributed by atoms with E-state index in [9.17, 15) is 10.1 Å². The first-order valence-electron chi connectivity index (χ1n) is 6.86. The Labute approximate surface area is 150 Å². The van der Waals surface area contributed by atoms with E-state index >= 15 is 0 Å². The second-order valence-corrected chi connectivity index (χ2v) is 5.50. The Hall–Kier alpha value is -2.98. The maximum Gasteiger partial charge on any atom is 0.433 e. The minimum Gasteiger partial charge on any atom is -0.486 e. The molecule has 2 aromatic heterocycles. The molecule has 11 heteroatoms. The molecule has 0 saturated heterocycles. The number of hydrogen-bond donors (Lipinski definition) is 1. The highest BCUT2D eigenvalue weighted by Gasteiger charge is 2.11. The summed E-state index contributed by atoms with van der Waals surface area (Å²) in [6.07, 6.45) is 1.30. The number of ether oxygens (including phenoxy) is 1. The maximum atomic E-state index is 10.6. The fourth-order valence-electron chi connectivity index (χ4n) is 1.84. The zero-order chi connectivity index (χ0) is 17.8. The molecule has 0 unspecified atom stereocenters. The van der Waals surface area contributed by atoms with Gasteiger partial charge >= 0.3 is 5.88 Å². The molecule has 25 heavy (non-hydrogen) atoms. The van der Waals surface area contributed by atoms with Gasteiger partial charge in [-0.1, -0.05) is 11.6 Å². The molecule has 0 spiro atoms. The van der Waals surface area contributed by atoms with E-state index in [0.29, 0.717) is 16.6 Å². The first-order chi connectivity index (χ1) is 12.0. The Morgan fingerprint density at radius 2 is 2.16 bits per heavy atom.